The fraction of sp³-hybridized carbons (Fsp3) is 0.857. The minimum Gasteiger partial charge on any atom is -0.330 e. The topological polar surface area (TPSA) is 32.3 Å². The average molecular weight is 176 g/mol. The number of rotatable bonds is 1. The van der Waals surface area contributed by atoms with Gasteiger partial charge in [-0.3, -0.25) is 4.79 Å². The van der Waals surface area contributed by atoms with E-state index in [1.807, 2.05) is 0 Å². The number of halogens is 2. The van der Waals surface area contributed by atoms with Gasteiger partial charge in [-0.2, -0.15) is 0 Å². The molecular formula is C7H10F2N2O. The minimum absolute atomic E-state index is 0.0545. The fourth-order valence-corrected chi connectivity index (χ4v) is 1.39. The summed E-state index contributed by atoms with van der Waals surface area (Å²) >= 11 is 0. The Kier molecular flexibility index (Phi) is 1.57. The molecule has 2 fully saturated rings. The third-order valence-corrected chi connectivity index (χ3v) is 2.29. The number of nitrogens with zero attached hydrogens (tertiary/aromatic N) is 1. The van der Waals surface area contributed by atoms with Crippen LogP contribution in [0.5, 0.6) is 0 Å². The number of hydrogen-bond acceptors (Lipinski definition) is 2. The molecule has 0 aromatic rings. The zero-order chi connectivity index (χ0) is 8.77. The summed E-state index contributed by atoms with van der Waals surface area (Å²) in [6.45, 7) is 0.506. The number of carbonyl (C=O) groups is 1. The zero-order valence-corrected chi connectivity index (χ0v) is 6.52. The quantitative estimate of drug-likeness (QED) is 0.594. The highest BCUT2D eigenvalue weighted by molar-refractivity contribution is 5.81. The van der Waals surface area contributed by atoms with Crippen LogP contribution < -0.4 is 5.32 Å². The molecule has 0 unspecified atom stereocenters. The van der Waals surface area contributed by atoms with Gasteiger partial charge in [-0.05, 0) is 0 Å². The summed E-state index contributed by atoms with van der Waals surface area (Å²) in [6.07, 6.45) is 0. The van der Waals surface area contributed by atoms with Gasteiger partial charge < -0.3 is 10.2 Å². The molecule has 68 valence electrons. The first kappa shape index (κ1) is 7.91. The Balaban J connectivity index is 1.83. The van der Waals surface area contributed by atoms with E-state index in [-0.39, 0.29) is 24.9 Å². The Morgan fingerprint density at radius 3 is 2.33 bits per heavy atom. The summed E-state index contributed by atoms with van der Waals surface area (Å²) in [5.41, 5.74) is 0. The smallest absolute Gasteiger partial charge is 0.282 e. The van der Waals surface area contributed by atoms with Crippen molar-refractivity contribution >= 4 is 5.91 Å². The van der Waals surface area contributed by atoms with E-state index in [0.717, 1.165) is 0 Å². The van der Waals surface area contributed by atoms with Crippen LogP contribution >= 0.6 is 0 Å². The molecule has 0 spiro atoms. The fourth-order valence-electron chi connectivity index (χ4n) is 1.39. The van der Waals surface area contributed by atoms with Gasteiger partial charge >= 0.3 is 0 Å². The first-order valence-corrected chi connectivity index (χ1v) is 3.96. The first-order chi connectivity index (χ1) is 5.58. The molecule has 0 bridgehead atoms. The van der Waals surface area contributed by atoms with E-state index in [2.05, 4.69) is 5.32 Å². The van der Waals surface area contributed by atoms with Gasteiger partial charge in [0.25, 0.3) is 5.92 Å². The van der Waals surface area contributed by atoms with E-state index in [1.165, 1.54) is 4.90 Å². The molecule has 2 aliphatic heterocycles. The van der Waals surface area contributed by atoms with E-state index >= 15 is 0 Å². The Morgan fingerprint density at radius 2 is 2.00 bits per heavy atom. The lowest BCUT2D eigenvalue weighted by Gasteiger charge is -2.42. The lowest BCUT2D eigenvalue weighted by atomic mass is 9.99. The molecule has 12 heavy (non-hydrogen) atoms. The highest BCUT2D eigenvalue weighted by Gasteiger charge is 2.48. The molecule has 1 N–H and O–H groups in total. The second-order valence-corrected chi connectivity index (χ2v) is 3.41. The minimum atomic E-state index is -2.63. The summed E-state index contributed by atoms with van der Waals surface area (Å²) in [6, 6.07) is 0. The van der Waals surface area contributed by atoms with Crippen LogP contribution in [0, 0.1) is 5.92 Å². The molecule has 0 saturated carbocycles. The summed E-state index contributed by atoms with van der Waals surface area (Å²) in [5.74, 6) is -2.81. The molecule has 1 amide bonds. The Labute approximate surface area is 68.7 Å². The maximum atomic E-state index is 12.3. The number of nitrogens with one attached hydrogen (secondary N) is 1. The van der Waals surface area contributed by atoms with Crippen molar-refractivity contribution in [3.05, 3.63) is 0 Å². The molecular weight excluding hydrogens is 166 g/mol. The van der Waals surface area contributed by atoms with Gasteiger partial charge in [0.2, 0.25) is 5.91 Å². The number of carbonyl (C=O) groups excluding carboxylic acids is 1. The van der Waals surface area contributed by atoms with Crippen LogP contribution in [0.15, 0.2) is 0 Å². The van der Waals surface area contributed by atoms with Crippen LogP contribution in [0.4, 0.5) is 8.78 Å². The van der Waals surface area contributed by atoms with Gasteiger partial charge in [0.1, 0.15) is 0 Å². The van der Waals surface area contributed by atoms with Crippen molar-refractivity contribution in [3.8, 4) is 0 Å². The largest absolute Gasteiger partial charge is 0.330 e. The second kappa shape index (κ2) is 2.39. The van der Waals surface area contributed by atoms with Crippen molar-refractivity contribution in [2.24, 2.45) is 5.92 Å². The molecule has 2 heterocycles. The molecule has 0 aromatic carbocycles. The molecule has 2 aliphatic rings. The average Bonchev–Trinajstić information content (AvgIpc) is 1.77. The molecule has 0 atom stereocenters. The van der Waals surface area contributed by atoms with Gasteiger partial charge in [0.05, 0.1) is 19.0 Å². The van der Waals surface area contributed by atoms with Gasteiger partial charge in [-0.15, -0.1) is 0 Å². The normalized spacial score (nSPS) is 27.7. The number of alkyl halides is 2. The second-order valence-electron chi connectivity index (χ2n) is 3.41. The highest BCUT2D eigenvalue weighted by atomic mass is 19.3. The molecule has 5 heteroatoms. The maximum Gasteiger partial charge on any atom is 0.282 e. The van der Waals surface area contributed by atoms with Crippen LogP contribution in [0.3, 0.4) is 0 Å². The molecule has 0 aromatic heterocycles. The summed E-state index contributed by atoms with van der Waals surface area (Å²) in [4.78, 5) is 12.5. The van der Waals surface area contributed by atoms with Crippen molar-refractivity contribution in [1.82, 2.24) is 10.2 Å². The summed E-state index contributed by atoms with van der Waals surface area (Å²) in [7, 11) is 0. The summed E-state index contributed by atoms with van der Waals surface area (Å²) in [5, 5.41) is 2.93. The predicted octanol–water partition coefficient (Wildman–Crippen LogP) is -0.317. The van der Waals surface area contributed by atoms with Crippen molar-refractivity contribution < 1.29 is 13.6 Å². The highest BCUT2D eigenvalue weighted by Crippen LogP contribution is 2.28. The molecule has 3 nitrogen and oxygen atoms in total. The third kappa shape index (κ3) is 1.18. The Hall–Kier alpha value is -0.710. The van der Waals surface area contributed by atoms with E-state index in [1.54, 1.807) is 0 Å². The van der Waals surface area contributed by atoms with Crippen molar-refractivity contribution in [3.63, 3.8) is 0 Å². The number of hydrogen-bond donors (Lipinski definition) is 1. The predicted molar refractivity (Wildman–Crippen MR) is 37.9 cm³/mol. The zero-order valence-electron chi connectivity index (χ0n) is 6.52. The van der Waals surface area contributed by atoms with Crippen LogP contribution in [0.2, 0.25) is 0 Å². The van der Waals surface area contributed by atoms with Gasteiger partial charge in [0.15, 0.2) is 0 Å². The lowest BCUT2D eigenvalue weighted by Crippen LogP contribution is -2.63. The Morgan fingerprint density at radius 1 is 1.42 bits per heavy atom. The van der Waals surface area contributed by atoms with Gasteiger partial charge in [-0.25, -0.2) is 8.78 Å². The van der Waals surface area contributed by atoms with Crippen molar-refractivity contribution in [1.29, 1.82) is 0 Å². The molecule has 2 rings (SSSR count). The van der Waals surface area contributed by atoms with Crippen LogP contribution in [0.1, 0.15) is 0 Å². The summed E-state index contributed by atoms with van der Waals surface area (Å²) < 4.78 is 24.6. The van der Waals surface area contributed by atoms with Crippen LogP contribution in [-0.2, 0) is 4.79 Å². The van der Waals surface area contributed by atoms with Crippen LogP contribution in [0.25, 0.3) is 0 Å². The van der Waals surface area contributed by atoms with Gasteiger partial charge in [0, 0.05) is 13.1 Å². The number of likely N-dealkylation sites (tertiary alicyclic amines) is 1. The van der Waals surface area contributed by atoms with E-state index in [0.29, 0.717) is 13.1 Å². The van der Waals surface area contributed by atoms with Crippen molar-refractivity contribution in [2.45, 2.75) is 5.92 Å². The SMILES string of the molecule is O=C(C1CNC1)N1CC(F)(F)C1. The molecule has 0 radical (unpaired) electrons. The Bertz CT molecular complexity index is 207. The van der Waals surface area contributed by atoms with E-state index < -0.39 is 5.92 Å². The third-order valence-electron chi connectivity index (χ3n) is 2.29. The monoisotopic (exact) mass is 176 g/mol. The van der Waals surface area contributed by atoms with Gasteiger partial charge in [-0.1, -0.05) is 0 Å². The van der Waals surface area contributed by atoms with E-state index in [9.17, 15) is 13.6 Å². The molecule has 2 saturated heterocycles. The first-order valence-electron chi connectivity index (χ1n) is 3.96. The lowest BCUT2D eigenvalue weighted by molar-refractivity contribution is -0.170. The van der Waals surface area contributed by atoms with Crippen molar-refractivity contribution in [2.75, 3.05) is 26.2 Å². The molecule has 0 aliphatic carbocycles. The van der Waals surface area contributed by atoms with Crippen LogP contribution in [-0.4, -0.2) is 42.9 Å². The van der Waals surface area contributed by atoms with E-state index in [4.69, 9.17) is 0 Å². The maximum absolute atomic E-state index is 12.3. The number of amides is 1. The standard InChI is InChI=1S/C7H10F2N2O/c8-7(9)3-11(4-7)6(12)5-1-10-2-5/h5,10H,1-4H2.